The Morgan fingerprint density at radius 3 is 2.26 bits per heavy atom. The Balaban J connectivity index is 2.31. The standard InChI is InChI=1S/C15H14F3N/c1-9-6-7-11(16)8-14(9)19-10(2)15-12(17)4-3-5-13(15)18/h3-8,10,19H,1-2H3. The zero-order valence-corrected chi connectivity index (χ0v) is 10.7. The van der Waals surface area contributed by atoms with Crippen LogP contribution in [0.3, 0.4) is 0 Å². The van der Waals surface area contributed by atoms with Crippen LogP contribution in [0, 0.1) is 24.4 Å². The van der Waals surface area contributed by atoms with E-state index in [2.05, 4.69) is 5.32 Å². The zero-order chi connectivity index (χ0) is 14.0. The molecule has 0 aliphatic heterocycles. The number of benzene rings is 2. The molecule has 1 N–H and O–H groups in total. The number of anilines is 1. The van der Waals surface area contributed by atoms with Crippen LogP contribution in [-0.4, -0.2) is 0 Å². The summed E-state index contributed by atoms with van der Waals surface area (Å²) >= 11 is 0. The normalized spacial score (nSPS) is 12.3. The lowest BCUT2D eigenvalue weighted by Crippen LogP contribution is -2.11. The maximum Gasteiger partial charge on any atom is 0.131 e. The maximum absolute atomic E-state index is 13.6. The van der Waals surface area contributed by atoms with E-state index in [1.807, 2.05) is 0 Å². The van der Waals surface area contributed by atoms with Gasteiger partial charge >= 0.3 is 0 Å². The molecule has 1 unspecified atom stereocenters. The third-order valence-electron chi connectivity index (χ3n) is 3.00. The van der Waals surface area contributed by atoms with E-state index in [0.29, 0.717) is 5.69 Å². The van der Waals surface area contributed by atoms with Crippen molar-refractivity contribution in [2.75, 3.05) is 5.32 Å². The molecule has 4 heteroatoms. The van der Waals surface area contributed by atoms with Gasteiger partial charge in [-0.25, -0.2) is 13.2 Å². The monoisotopic (exact) mass is 265 g/mol. The molecule has 0 amide bonds. The minimum absolute atomic E-state index is 0.0499. The average Bonchev–Trinajstić information content (AvgIpc) is 2.33. The minimum Gasteiger partial charge on any atom is -0.378 e. The van der Waals surface area contributed by atoms with E-state index < -0.39 is 23.5 Å². The van der Waals surface area contributed by atoms with Crippen LogP contribution in [0.4, 0.5) is 18.9 Å². The molecule has 0 saturated heterocycles. The molecule has 19 heavy (non-hydrogen) atoms. The van der Waals surface area contributed by atoms with Gasteiger partial charge in [-0.15, -0.1) is 0 Å². The second kappa shape index (κ2) is 5.34. The lowest BCUT2D eigenvalue weighted by molar-refractivity contribution is 0.544. The number of nitrogens with one attached hydrogen (secondary N) is 1. The van der Waals surface area contributed by atoms with Crippen LogP contribution in [0.1, 0.15) is 24.1 Å². The summed E-state index contributed by atoms with van der Waals surface area (Å²) in [5.74, 6) is -1.63. The van der Waals surface area contributed by atoms with E-state index in [1.165, 1.54) is 30.3 Å². The third-order valence-corrected chi connectivity index (χ3v) is 3.00. The van der Waals surface area contributed by atoms with Gasteiger partial charge in [-0.2, -0.15) is 0 Å². The topological polar surface area (TPSA) is 12.0 Å². The molecule has 0 aromatic heterocycles. The fourth-order valence-corrected chi connectivity index (χ4v) is 1.98. The van der Waals surface area contributed by atoms with E-state index in [9.17, 15) is 13.2 Å². The molecule has 0 radical (unpaired) electrons. The van der Waals surface area contributed by atoms with E-state index >= 15 is 0 Å². The average molecular weight is 265 g/mol. The highest BCUT2D eigenvalue weighted by atomic mass is 19.1. The summed E-state index contributed by atoms with van der Waals surface area (Å²) in [6.45, 7) is 3.43. The predicted octanol–water partition coefficient (Wildman–Crippen LogP) is 4.59. The summed E-state index contributed by atoms with van der Waals surface area (Å²) in [6, 6.07) is 7.39. The molecule has 0 aliphatic carbocycles. The predicted molar refractivity (Wildman–Crippen MR) is 69.5 cm³/mol. The Hall–Kier alpha value is -1.97. The lowest BCUT2D eigenvalue weighted by Gasteiger charge is -2.18. The van der Waals surface area contributed by atoms with Crippen LogP contribution in [0.5, 0.6) is 0 Å². The number of hydrogen-bond donors (Lipinski definition) is 1. The molecule has 0 saturated carbocycles. The van der Waals surface area contributed by atoms with Crippen molar-refractivity contribution in [3.63, 3.8) is 0 Å². The lowest BCUT2D eigenvalue weighted by atomic mass is 10.1. The Morgan fingerprint density at radius 1 is 1.00 bits per heavy atom. The Kier molecular flexibility index (Phi) is 3.79. The van der Waals surface area contributed by atoms with Crippen LogP contribution in [0.15, 0.2) is 36.4 Å². The molecule has 1 nitrogen and oxygen atoms in total. The third kappa shape index (κ3) is 2.89. The second-order valence-electron chi connectivity index (χ2n) is 4.46. The fourth-order valence-electron chi connectivity index (χ4n) is 1.98. The minimum atomic E-state index is -0.617. The highest BCUT2D eigenvalue weighted by molar-refractivity contribution is 5.52. The van der Waals surface area contributed by atoms with Gasteiger partial charge in [-0.1, -0.05) is 12.1 Å². The van der Waals surface area contributed by atoms with Gasteiger partial charge in [-0.05, 0) is 43.7 Å². The Bertz CT molecular complexity index is 576. The number of rotatable bonds is 3. The molecular weight excluding hydrogens is 251 g/mol. The molecule has 2 rings (SSSR count). The van der Waals surface area contributed by atoms with Crippen molar-refractivity contribution in [3.05, 3.63) is 65.0 Å². The molecule has 0 aliphatic rings. The molecule has 2 aromatic carbocycles. The van der Waals surface area contributed by atoms with Crippen molar-refractivity contribution in [1.82, 2.24) is 0 Å². The first-order chi connectivity index (χ1) is 8.99. The second-order valence-corrected chi connectivity index (χ2v) is 4.46. The van der Waals surface area contributed by atoms with Gasteiger partial charge in [-0.3, -0.25) is 0 Å². The van der Waals surface area contributed by atoms with Crippen LogP contribution in [0.25, 0.3) is 0 Å². The summed E-state index contributed by atoms with van der Waals surface area (Å²) in [5, 5.41) is 2.93. The smallest absolute Gasteiger partial charge is 0.131 e. The van der Waals surface area contributed by atoms with Crippen molar-refractivity contribution >= 4 is 5.69 Å². The summed E-state index contributed by atoms with van der Waals surface area (Å²) in [5.41, 5.74) is 1.28. The van der Waals surface area contributed by atoms with Crippen LogP contribution < -0.4 is 5.32 Å². The van der Waals surface area contributed by atoms with Crippen molar-refractivity contribution in [1.29, 1.82) is 0 Å². The van der Waals surface area contributed by atoms with Gasteiger partial charge in [0, 0.05) is 11.3 Å². The van der Waals surface area contributed by atoms with Crippen LogP contribution in [-0.2, 0) is 0 Å². The van der Waals surface area contributed by atoms with Crippen molar-refractivity contribution in [2.45, 2.75) is 19.9 Å². The van der Waals surface area contributed by atoms with E-state index in [4.69, 9.17) is 0 Å². The van der Waals surface area contributed by atoms with E-state index in [1.54, 1.807) is 19.9 Å². The molecule has 100 valence electrons. The summed E-state index contributed by atoms with van der Waals surface area (Å²) in [6.07, 6.45) is 0. The number of aryl methyl sites for hydroxylation is 1. The zero-order valence-electron chi connectivity index (χ0n) is 10.7. The van der Waals surface area contributed by atoms with Crippen LogP contribution in [0.2, 0.25) is 0 Å². The van der Waals surface area contributed by atoms with E-state index in [-0.39, 0.29) is 5.56 Å². The Morgan fingerprint density at radius 2 is 1.63 bits per heavy atom. The quantitative estimate of drug-likeness (QED) is 0.856. The number of halogens is 3. The number of hydrogen-bond acceptors (Lipinski definition) is 1. The van der Waals surface area contributed by atoms with Crippen molar-refractivity contribution in [3.8, 4) is 0 Å². The van der Waals surface area contributed by atoms with Gasteiger partial charge in [0.2, 0.25) is 0 Å². The fraction of sp³-hybridized carbons (Fsp3) is 0.200. The first-order valence-corrected chi connectivity index (χ1v) is 5.95. The molecule has 0 heterocycles. The highest BCUT2D eigenvalue weighted by Gasteiger charge is 2.16. The largest absolute Gasteiger partial charge is 0.378 e. The summed E-state index contributed by atoms with van der Waals surface area (Å²) in [4.78, 5) is 0. The summed E-state index contributed by atoms with van der Waals surface area (Å²) < 4.78 is 40.4. The highest BCUT2D eigenvalue weighted by Crippen LogP contribution is 2.26. The molecule has 2 aromatic rings. The first-order valence-electron chi connectivity index (χ1n) is 5.95. The van der Waals surface area contributed by atoms with Gasteiger partial charge in [0.1, 0.15) is 17.5 Å². The molecule has 0 spiro atoms. The van der Waals surface area contributed by atoms with E-state index in [0.717, 1.165) is 5.56 Å². The Labute approximate surface area is 110 Å². The van der Waals surface area contributed by atoms with Gasteiger partial charge < -0.3 is 5.32 Å². The molecule has 0 fully saturated rings. The van der Waals surface area contributed by atoms with Crippen molar-refractivity contribution in [2.24, 2.45) is 0 Å². The molecule has 0 bridgehead atoms. The maximum atomic E-state index is 13.6. The van der Waals surface area contributed by atoms with Crippen LogP contribution >= 0.6 is 0 Å². The van der Waals surface area contributed by atoms with Crippen molar-refractivity contribution < 1.29 is 13.2 Å². The SMILES string of the molecule is Cc1ccc(F)cc1NC(C)c1c(F)cccc1F. The summed E-state index contributed by atoms with van der Waals surface area (Å²) in [7, 11) is 0. The van der Waals surface area contributed by atoms with Gasteiger partial charge in [0.05, 0.1) is 6.04 Å². The molecular formula is C15H14F3N. The first kappa shape index (κ1) is 13.5. The molecule has 1 atom stereocenters. The van der Waals surface area contributed by atoms with Gasteiger partial charge in [0.15, 0.2) is 0 Å². The van der Waals surface area contributed by atoms with Gasteiger partial charge in [0.25, 0.3) is 0 Å².